The molecule has 2 heterocycles. The summed E-state index contributed by atoms with van der Waals surface area (Å²) >= 11 is 0. The molecule has 0 atom stereocenters. The average Bonchev–Trinajstić information content (AvgIpc) is 3.19. The number of amides is 1. The van der Waals surface area contributed by atoms with Crippen molar-refractivity contribution in [1.29, 1.82) is 5.26 Å². The van der Waals surface area contributed by atoms with Gasteiger partial charge in [0.15, 0.2) is 18.2 Å². The van der Waals surface area contributed by atoms with Crippen LogP contribution in [0.15, 0.2) is 42.7 Å². The molecule has 0 saturated heterocycles. The zero-order chi connectivity index (χ0) is 24.0. The van der Waals surface area contributed by atoms with E-state index >= 15 is 0 Å². The normalized spacial score (nSPS) is 11.2. The summed E-state index contributed by atoms with van der Waals surface area (Å²) in [5.74, 6) is -0.658. The second-order valence-electron chi connectivity index (χ2n) is 7.09. The largest absolute Gasteiger partial charge is 0.484 e. The minimum absolute atomic E-state index is 0.00947. The number of nitrogens with zero attached hydrogens (tertiary/aromatic N) is 4. The van der Waals surface area contributed by atoms with Crippen LogP contribution in [0.25, 0.3) is 0 Å². The lowest BCUT2D eigenvalue weighted by molar-refractivity contribution is -0.153. The zero-order valence-corrected chi connectivity index (χ0v) is 17.5. The molecule has 1 aromatic carbocycles. The van der Waals surface area contributed by atoms with Gasteiger partial charge in [-0.25, -0.2) is 4.39 Å². The lowest BCUT2D eigenvalue weighted by atomic mass is 10.0. The van der Waals surface area contributed by atoms with E-state index in [4.69, 9.17) is 10.00 Å². The number of carbonyl (C=O) groups is 1. The number of ether oxygens (including phenoxy) is 1. The monoisotopic (exact) mass is 461 g/mol. The van der Waals surface area contributed by atoms with Crippen LogP contribution in [0.5, 0.6) is 5.75 Å². The maximum Gasteiger partial charge on any atom is 0.422 e. The molecule has 0 fully saturated rings. The van der Waals surface area contributed by atoms with Crippen LogP contribution in [0.4, 0.5) is 23.4 Å². The number of alkyl halides is 3. The maximum atomic E-state index is 13.4. The summed E-state index contributed by atoms with van der Waals surface area (Å²) in [6, 6.07) is 9.23. The third-order valence-corrected chi connectivity index (χ3v) is 4.53. The number of hydrogen-bond acceptors (Lipinski definition) is 5. The maximum absolute atomic E-state index is 13.4. The van der Waals surface area contributed by atoms with Gasteiger partial charge >= 0.3 is 6.18 Å². The van der Waals surface area contributed by atoms with Gasteiger partial charge < -0.3 is 10.1 Å². The van der Waals surface area contributed by atoms with E-state index in [9.17, 15) is 22.4 Å². The molecule has 0 unspecified atom stereocenters. The Balaban J connectivity index is 1.60. The molecule has 1 N–H and O–H groups in total. The van der Waals surface area contributed by atoms with Gasteiger partial charge in [-0.3, -0.25) is 14.5 Å². The van der Waals surface area contributed by atoms with Crippen molar-refractivity contribution in [1.82, 2.24) is 14.8 Å². The van der Waals surface area contributed by atoms with Gasteiger partial charge in [-0.15, -0.1) is 0 Å². The molecule has 0 saturated carbocycles. The third kappa shape index (κ3) is 6.77. The first kappa shape index (κ1) is 23.7. The van der Waals surface area contributed by atoms with E-state index in [0.29, 0.717) is 23.2 Å². The predicted molar refractivity (Wildman–Crippen MR) is 110 cm³/mol. The molecule has 11 heteroatoms. The molecule has 0 radical (unpaired) electrons. The van der Waals surface area contributed by atoms with Crippen LogP contribution in [0, 0.1) is 17.1 Å². The summed E-state index contributed by atoms with van der Waals surface area (Å²) in [5, 5.41) is 15.7. The number of aromatic nitrogens is 3. The molecule has 0 aliphatic heterocycles. The van der Waals surface area contributed by atoms with E-state index in [-0.39, 0.29) is 36.0 Å². The van der Waals surface area contributed by atoms with Gasteiger partial charge in [-0.1, -0.05) is 19.1 Å². The smallest absolute Gasteiger partial charge is 0.422 e. The Kier molecular flexibility index (Phi) is 7.27. The molecule has 0 spiro atoms. The number of pyridine rings is 1. The first-order chi connectivity index (χ1) is 15.7. The van der Waals surface area contributed by atoms with Crippen molar-refractivity contribution in [3.05, 3.63) is 70.9 Å². The van der Waals surface area contributed by atoms with Gasteiger partial charge in [-0.05, 0) is 29.7 Å². The van der Waals surface area contributed by atoms with Crippen molar-refractivity contribution in [2.75, 3.05) is 11.9 Å². The number of hydrogen-bond donors (Lipinski definition) is 1. The SMILES string of the molecule is CCc1cc(CC(=O)Nc2ccn(Cc3cc(C#N)c(F)cn3)n2)ccc1OCC(F)(F)F. The van der Waals surface area contributed by atoms with Gasteiger partial charge in [-0.2, -0.15) is 23.5 Å². The first-order valence-corrected chi connectivity index (χ1v) is 9.86. The molecule has 0 aliphatic carbocycles. The Morgan fingerprint density at radius 2 is 2.06 bits per heavy atom. The van der Waals surface area contributed by atoms with Crippen molar-refractivity contribution >= 4 is 11.7 Å². The standard InChI is InChI=1S/C22H19F4N5O2/c1-2-15-7-14(3-4-19(15)33-13-22(24,25)26)8-21(32)29-20-5-6-31(30-20)12-17-9-16(10-27)18(23)11-28-17/h3-7,9,11H,2,8,12-13H2,1H3,(H,29,30,32). The molecule has 33 heavy (non-hydrogen) atoms. The summed E-state index contributed by atoms with van der Waals surface area (Å²) in [6.45, 7) is 0.569. The van der Waals surface area contributed by atoms with E-state index in [1.807, 2.05) is 0 Å². The van der Waals surface area contributed by atoms with Gasteiger partial charge in [0.25, 0.3) is 0 Å². The summed E-state index contributed by atoms with van der Waals surface area (Å²) < 4.78 is 56.9. The molecule has 3 rings (SSSR count). The highest BCUT2D eigenvalue weighted by Crippen LogP contribution is 2.24. The predicted octanol–water partition coefficient (Wildman–Crippen LogP) is 4.02. The number of rotatable bonds is 8. The number of halogens is 4. The lowest BCUT2D eigenvalue weighted by Gasteiger charge is -2.13. The molecular weight excluding hydrogens is 442 g/mol. The number of nitriles is 1. The highest BCUT2D eigenvalue weighted by molar-refractivity contribution is 5.91. The molecule has 7 nitrogen and oxygen atoms in total. The van der Waals surface area contributed by atoms with Gasteiger partial charge in [0.2, 0.25) is 5.91 Å². The summed E-state index contributed by atoms with van der Waals surface area (Å²) in [7, 11) is 0. The second-order valence-corrected chi connectivity index (χ2v) is 7.09. The van der Waals surface area contributed by atoms with Crippen LogP contribution in [-0.2, 0) is 24.2 Å². The Morgan fingerprint density at radius 3 is 2.76 bits per heavy atom. The van der Waals surface area contributed by atoms with E-state index in [1.54, 1.807) is 31.3 Å². The molecule has 3 aromatic rings. The third-order valence-electron chi connectivity index (χ3n) is 4.53. The number of benzene rings is 1. The van der Waals surface area contributed by atoms with Crippen molar-refractivity contribution in [3.8, 4) is 11.8 Å². The fraction of sp³-hybridized carbons (Fsp3) is 0.273. The van der Waals surface area contributed by atoms with Crippen LogP contribution in [-0.4, -0.2) is 33.5 Å². The van der Waals surface area contributed by atoms with Crippen molar-refractivity contribution in [2.24, 2.45) is 0 Å². The van der Waals surface area contributed by atoms with E-state index < -0.39 is 18.6 Å². The Bertz CT molecular complexity index is 1180. The summed E-state index contributed by atoms with van der Waals surface area (Å²) in [4.78, 5) is 16.3. The van der Waals surface area contributed by atoms with E-state index in [0.717, 1.165) is 6.20 Å². The Hall–Kier alpha value is -3.94. The minimum Gasteiger partial charge on any atom is -0.484 e. The topological polar surface area (TPSA) is 92.8 Å². The number of nitrogens with one attached hydrogen (secondary N) is 1. The van der Waals surface area contributed by atoms with Crippen molar-refractivity contribution in [3.63, 3.8) is 0 Å². The van der Waals surface area contributed by atoms with Crippen LogP contribution in [0.3, 0.4) is 0 Å². The van der Waals surface area contributed by atoms with Crippen LogP contribution < -0.4 is 10.1 Å². The zero-order valence-electron chi connectivity index (χ0n) is 17.5. The lowest BCUT2D eigenvalue weighted by Crippen LogP contribution is -2.20. The number of aryl methyl sites for hydroxylation is 1. The van der Waals surface area contributed by atoms with Gasteiger partial charge in [0, 0.05) is 12.3 Å². The number of anilines is 1. The molecule has 2 aromatic heterocycles. The Morgan fingerprint density at radius 1 is 1.27 bits per heavy atom. The molecule has 172 valence electrons. The first-order valence-electron chi connectivity index (χ1n) is 9.86. The highest BCUT2D eigenvalue weighted by Gasteiger charge is 2.28. The second kappa shape index (κ2) is 10.1. The molecule has 0 aliphatic rings. The van der Waals surface area contributed by atoms with E-state index in [1.165, 1.54) is 22.9 Å². The van der Waals surface area contributed by atoms with Crippen molar-refractivity contribution < 1.29 is 27.1 Å². The fourth-order valence-electron chi connectivity index (χ4n) is 3.03. The van der Waals surface area contributed by atoms with Crippen LogP contribution in [0.1, 0.15) is 29.3 Å². The van der Waals surface area contributed by atoms with E-state index in [2.05, 4.69) is 15.4 Å². The molecule has 1 amide bonds. The quantitative estimate of drug-likeness (QED) is 0.512. The van der Waals surface area contributed by atoms with Crippen LogP contribution >= 0.6 is 0 Å². The average molecular weight is 461 g/mol. The Labute approximate surface area is 186 Å². The fourth-order valence-corrected chi connectivity index (χ4v) is 3.03. The van der Waals surface area contributed by atoms with Gasteiger partial charge in [0.05, 0.1) is 30.4 Å². The molecular formula is C22H19F4N5O2. The number of carbonyl (C=O) groups excluding carboxylic acids is 1. The highest BCUT2D eigenvalue weighted by atomic mass is 19.4. The molecule has 0 bridgehead atoms. The summed E-state index contributed by atoms with van der Waals surface area (Å²) in [6.07, 6.45) is -1.45. The van der Waals surface area contributed by atoms with Gasteiger partial charge in [0.1, 0.15) is 11.8 Å². The minimum atomic E-state index is -4.43. The van der Waals surface area contributed by atoms with Crippen molar-refractivity contribution in [2.45, 2.75) is 32.5 Å². The summed E-state index contributed by atoms with van der Waals surface area (Å²) in [5.41, 5.74) is 1.48. The van der Waals surface area contributed by atoms with Crippen LogP contribution in [0.2, 0.25) is 0 Å².